The van der Waals surface area contributed by atoms with Crippen molar-refractivity contribution in [2.45, 2.75) is 19.8 Å². The molecule has 0 spiro atoms. The molecule has 19 heavy (non-hydrogen) atoms. The van der Waals surface area contributed by atoms with Gasteiger partial charge in [-0.3, -0.25) is 10.1 Å². The van der Waals surface area contributed by atoms with Crippen molar-refractivity contribution in [2.24, 2.45) is 0 Å². The van der Waals surface area contributed by atoms with E-state index in [0.29, 0.717) is 12.1 Å². The summed E-state index contributed by atoms with van der Waals surface area (Å²) >= 11 is 1.62. The minimum atomic E-state index is -0.356. The van der Waals surface area contributed by atoms with E-state index in [2.05, 4.69) is 17.2 Å². The molecule has 1 aromatic heterocycles. The van der Waals surface area contributed by atoms with Crippen molar-refractivity contribution in [3.8, 4) is 0 Å². The van der Waals surface area contributed by atoms with Crippen molar-refractivity contribution in [1.82, 2.24) is 4.98 Å². The van der Waals surface area contributed by atoms with Gasteiger partial charge in [-0.1, -0.05) is 13.0 Å². The van der Waals surface area contributed by atoms with Crippen molar-refractivity contribution >= 4 is 22.7 Å². The van der Waals surface area contributed by atoms with Gasteiger partial charge in [0.05, 0.1) is 9.93 Å². The summed E-state index contributed by atoms with van der Waals surface area (Å²) in [6.07, 6.45) is 1.79. The van der Waals surface area contributed by atoms with Crippen molar-refractivity contribution in [2.75, 3.05) is 11.9 Å². The van der Waals surface area contributed by atoms with Crippen LogP contribution in [0.3, 0.4) is 0 Å². The summed E-state index contributed by atoms with van der Waals surface area (Å²) in [6, 6.07) is 5.07. The maximum absolute atomic E-state index is 10.9. The molecule has 0 amide bonds. The smallest absolute Gasteiger partial charge is 0.274 e. The van der Waals surface area contributed by atoms with Crippen LogP contribution in [0.2, 0.25) is 0 Å². The Morgan fingerprint density at radius 3 is 2.95 bits per heavy atom. The van der Waals surface area contributed by atoms with Crippen LogP contribution in [0, 0.1) is 17.0 Å². The number of anilines is 1. The Bertz CT molecular complexity index is 569. The van der Waals surface area contributed by atoms with Crippen LogP contribution in [0.25, 0.3) is 0 Å². The lowest BCUT2D eigenvalue weighted by atomic mass is 10.1. The summed E-state index contributed by atoms with van der Waals surface area (Å²) in [4.78, 5) is 14.8. The van der Waals surface area contributed by atoms with Crippen molar-refractivity contribution in [1.29, 1.82) is 0 Å². The van der Waals surface area contributed by atoms with Crippen LogP contribution < -0.4 is 5.32 Å². The van der Waals surface area contributed by atoms with E-state index in [4.69, 9.17) is 0 Å². The molecule has 2 aromatic rings. The van der Waals surface area contributed by atoms with E-state index in [1.165, 1.54) is 6.07 Å². The highest BCUT2D eigenvalue weighted by atomic mass is 32.1. The summed E-state index contributed by atoms with van der Waals surface area (Å²) < 4.78 is 0. The average Bonchev–Trinajstić information content (AvgIpc) is 2.90. The van der Waals surface area contributed by atoms with Crippen molar-refractivity contribution < 1.29 is 4.92 Å². The second kappa shape index (κ2) is 5.79. The number of hydrogen-bond donors (Lipinski definition) is 1. The zero-order chi connectivity index (χ0) is 13.8. The molecule has 0 fully saturated rings. The lowest BCUT2D eigenvalue weighted by Crippen LogP contribution is -2.10. The van der Waals surface area contributed by atoms with E-state index < -0.39 is 0 Å². The van der Waals surface area contributed by atoms with Crippen molar-refractivity contribution in [3.63, 3.8) is 0 Å². The number of hydrogen-bond acceptors (Lipinski definition) is 5. The predicted molar refractivity (Wildman–Crippen MR) is 76.9 cm³/mol. The molecule has 100 valence electrons. The monoisotopic (exact) mass is 277 g/mol. The first-order valence-electron chi connectivity index (χ1n) is 5.97. The van der Waals surface area contributed by atoms with E-state index in [0.717, 1.165) is 10.7 Å². The molecule has 5 nitrogen and oxygen atoms in total. The number of nitrogens with one attached hydrogen (secondary N) is 1. The predicted octanol–water partition coefficient (Wildman–Crippen LogP) is 3.58. The summed E-state index contributed by atoms with van der Waals surface area (Å²) in [7, 11) is 0. The molecule has 1 unspecified atom stereocenters. The Morgan fingerprint density at radius 1 is 1.53 bits per heavy atom. The number of nitro benzene ring substituents is 1. The van der Waals surface area contributed by atoms with Gasteiger partial charge in [0, 0.05) is 41.4 Å². The standard InChI is InChI=1S/C13H15N3O2S/c1-9(13-14-6-7-19-13)8-15-11-4-3-5-12(10(11)2)16(17)18/h3-7,9,15H,8H2,1-2H3. The summed E-state index contributed by atoms with van der Waals surface area (Å²) in [5.74, 6) is 0.277. The van der Waals surface area contributed by atoms with E-state index in [9.17, 15) is 10.1 Å². The second-order valence-electron chi connectivity index (χ2n) is 4.36. The fourth-order valence-electron chi connectivity index (χ4n) is 1.84. The Morgan fingerprint density at radius 2 is 2.32 bits per heavy atom. The SMILES string of the molecule is Cc1c(NCC(C)c2nccs2)cccc1[N+](=O)[O-]. The van der Waals surface area contributed by atoms with E-state index in [-0.39, 0.29) is 16.5 Å². The number of thiazole rings is 1. The highest BCUT2D eigenvalue weighted by molar-refractivity contribution is 7.09. The van der Waals surface area contributed by atoms with Gasteiger partial charge in [-0.05, 0) is 13.0 Å². The summed E-state index contributed by atoms with van der Waals surface area (Å²) in [6.45, 7) is 4.54. The molecule has 0 aliphatic rings. The number of nitro groups is 1. The molecule has 0 aliphatic carbocycles. The quantitative estimate of drug-likeness (QED) is 0.670. The first-order chi connectivity index (χ1) is 9.09. The highest BCUT2D eigenvalue weighted by Crippen LogP contribution is 2.26. The molecule has 6 heteroatoms. The molecule has 0 saturated carbocycles. The largest absolute Gasteiger partial charge is 0.384 e. The number of benzene rings is 1. The molecule has 1 N–H and O–H groups in total. The van der Waals surface area contributed by atoms with Gasteiger partial charge in [0.2, 0.25) is 0 Å². The molecular weight excluding hydrogens is 262 g/mol. The Hall–Kier alpha value is -1.95. The topological polar surface area (TPSA) is 68.1 Å². The molecular formula is C13H15N3O2S. The molecule has 0 aliphatic heterocycles. The third-order valence-electron chi connectivity index (χ3n) is 2.97. The molecule has 0 bridgehead atoms. The normalized spacial score (nSPS) is 12.1. The van der Waals surface area contributed by atoms with E-state index in [1.54, 1.807) is 30.5 Å². The van der Waals surface area contributed by atoms with Crippen LogP contribution in [0.15, 0.2) is 29.8 Å². The van der Waals surface area contributed by atoms with Gasteiger partial charge in [-0.15, -0.1) is 11.3 Å². The Labute approximate surface area is 115 Å². The fraction of sp³-hybridized carbons (Fsp3) is 0.308. The number of rotatable bonds is 5. The van der Waals surface area contributed by atoms with Gasteiger partial charge in [0.15, 0.2) is 0 Å². The third-order valence-corrected chi connectivity index (χ3v) is 3.98. The molecule has 2 rings (SSSR count). The average molecular weight is 277 g/mol. The molecule has 1 atom stereocenters. The maximum Gasteiger partial charge on any atom is 0.274 e. The lowest BCUT2D eigenvalue weighted by Gasteiger charge is -2.13. The lowest BCUT2D eigenvalue weighted by molar-refractivity contribution is -0.385. The van der Waals surface area contributed by atoms with Gasteiger partial charge in [-0.2, -0.15) is 0 Å². The minimum Gasteiger partial charge on any atom is -0.384 e. The molecule has 0 saturated heterocycles. The van der Waals surface area contributed by atoms with Gasteiger partial charge in [0.25, 0.3) is 5.69 Å². The van der Waals surface area contributed by atoms with Crippen LogP contribution in [-0.4, -0.2) is 16.5 Å². The highest BCUT2D eigenvalue weighted by Gasteiger charge is 2.14. The van der Waals surface area contributed by atoms with Crippen LogP contribution in [0.4, 0.5) is 11.4 Å². The zero-order valence-corrected chi connectivity index (χ0v) is 11.6. The van der Waals surface area contributed by atoms with Gasteiger partial charge >= 0.3 is 0 Å². The fourth-order valence-corrected chi connectivity index (χ4v) is 2.54. The van der Waals surface area contributed by atoms with E-state index in [1.807, 2.05) is 11.4 Å². The molecule has 1 heterocycles. The van der Waals surface area contributed by atoms with Crippen molar-refractivity contribution in [3.05, 3.63) is 50.5 Å². The number of nitrogens with zero attached hydrogens (tertiary/aromatic N) is 2. The molecule has 0 radical (unpaired) electrons. The summed E-state index contributed by atoms with van der Waals surface area (Å²) in [5, 5.41) is 17.1. The van der Waals surface area contributed by atoms with Crippen LogP contribution in [0.1, 0.15) is 23.4 Å². The Balaban J connectivity index is 2.08. The van der Waals surface area contributed by atoms with Crippen LogP contribution >= 0.6 is 11.3 Å². The van der Waals surface area contributed by atoms with Crippen LogP contribution in [-0.2, 0) is 0 Å². The third kappa shape index (κ3) is 3.08. The van der Waals surface area contributed by atoms with E-state index >= 15 is 0 Å². The van der Waals surface area contributed by atoms with Gasteiger partial charge in [-0.25, -0.2) is 4.98 Å². The van der Waals surface area contributed by atoms with Crippen LogP contribution in [0.5, 0.6) is 0 Å². The maximum atomic E-state index is 10.9. The zero-order valence-electron chi connectivity index (χ0n) is 10.8. The summed E-state index contributed by atoms with van der Waals surface area (Å²) in [5.41, 5.74) is 1.61. The van der Waals surface area contributed by atoms with Gasteiger partial charge < -0.3 is 5.32 Å². The first-order valence-corrected chi connectivity index (χ1v) is 6.85. The molecule has 1 aromatic carbocycles. The first kappa shape index (κ1) is 13.5. The Kier molecular flexibility index (Phi) is 4.11. The van der Waals surface area contributed by atoms with Gasteiger partial charge in [0.1, 0.15) is 0 Å². The number of aromatic nitrogens is 1. The minimum absolute atomic E-state index is 0.145. The second-order valence-corrected chi connectivity index (χ2v) is 5.29.